The van der Waals surface area contributed by atoms with E-state index in [1.807, 2.05) is 25.1 Å². The number of carbonyl (C=O) groups excluding carboxylic acids is 1. The number of rotatable bonds is 10. The molecular formula is C21H27N3O4. The van der Waals surface area contributed by atoms with Gasteiger partial charge in [0.15, 0.2) is 6.04 Å². The lowest BCUT2D eigenvalue weighted by atomic mass is 10.0. The van der Waals surface area contributed by atoms with Crippen LogP contribution in [0.2, 0.25) is 0 Å². The van der Waals surface area contributed by atoms with Gasteiger partial charge in [-0.15, -0.1) is 0 Å². The predicted octanol–water partition coefficient (Wildman–Crippen LogP) is 2.88. The van der Waals surface area contributed by atoms with E-state index in [0.29, 0.717) is 35.8 Å². The van der Waals surface area contributed by atoms with Crippen LogP contribution in [0.1, 0.15) is 29.7 Å². The van der Waals surface area contributed by atoms with Gasteiger partial charge in [-0.2, -0.15) is 0 Å². The molecule has 0 aliphatic rings. The van der Waals surface area contributed by atoms with Crippen molar-refractivity contribution in [3.63, 3.8) is 0 Å². The Labute approximate surface area is 165 Å². The van der Waals surface area contributed by atoms with Crippen LogP contribution in [-0.4, -0.2) is 39.2 Å². The maximum Gasteiger partial charge on any atom is 0.333 e. The Kier molecular flexibility index (Phi) is 7.83. The summed E-state index contributed by atoms with van der Waals surface area (Å²) in [6.45, 7) is 2.86. The fourth-order valence-corrected chi connectivity index (χ4v) is 2.70. The molecule has 0 aromatic heterocycles. The molecule has 0 spiro atoms. The zero-order chi connectivity index (χ0) is 20.5. The number of anilines is 1. The molecule has 0 bridgehead atoms. The van der Waals surface area contributed by atoms with Crippen molar-refractivity contribution >= 4 is 17.5 Å². The molecule has 1 atom stereocenters. The molecule has 0 aliphatic heterocycles. The summed E-state index contributed by atoms with van der Waals surface area (Å²) in [5.74, 6) is 0.151. The van der Waals surface area contributed by atoms with Gasteiger partial charge in [0, 0.05) is 23.9 Å². The number of benzene rings is 2. The molecule has 1 unspecified atom stereocenters. The average Bonchev–Trinajstić information content (AvgIpc) is 2.72. The average molecular weight is 385 g/mol. The van der Waals surface area contributed by atoms with Gasteiger partial charge in [0.2, 0.25) is 0 Å². The van der Waals surface area contributed by atoms with Crippen LogP contribution in [0, 0.1) is 5.41 Å². The minimum Gasteiger partial charge on any atom is -0.491 e. The number of carbonyl (C=O) groups is 1. The summed E-state index contributed by atoms with van der Waals surface area (Å²) in [4.78, 5) is 12.6. The van der Waals surface area contributed by atoms with E-state index in [1.54, 1.807) is 31.4 Å². The largest absolute Gasteiger partial charge is 0.491 e. The molecular weight excluding hydrogens is 358 g/mol. The smallest absolute Gasteiger partial charge is 0.333 e. The second-order valence-electron chi connectivity index (χ2n) is 6.16. The molecule has 4 N–H and O–H groups in total. The monoisotopic (exact) mass is 385 g/mol. The van der Waals surface area contributed by atoms with E-state index in [-0.39, 0.29) is 5.84 Å². The number of hydrogen-bond donors (Lipinski definition) is 3. The van der Waals surface area contributed by atoms with Crippen LogP contribution in [0.25, 0.3) is 0 Å². The number of amidine groups is 1. The van der Waals surface area contributed by atoms with Crippen LogP contribution >= 0.6 is 0 Å². The van der Waals surface area contributed by atoms with Crippen LogP contribution in [0.5, 0.6) is 5.75 Å². The Bertz CT molecular complexity index is 806. The Morgan fingerprint density at radius 1 is 1.14 bits per heavy atom. The third-order valence-electron chi connectivity index (χ3n) is 4.28. The summed E-state index contributed by atoms with van der Waals surface area (Å²) >= 11 is 0. The van der Waals surface area contributed by atoms with Gasteiger partial charge in [0.05, 0.1) is 13.7 Å². The molecule has 0 fully saturated rings. The molecule has 2 aromatic rings. The Morgan fingerprint density at radius 2 is 1.86 bits per heavy atom. The topological polar surface area (TPSA) is 107 Å². The summed E-state index contributed by atoms with van der Waals surface area (Å²) in [7, 11) is 2.96. The third kappa shape index (κ3) is 5.47. The zero-order valence-electron chi connectivity index (χ0n) is 16.5. The molecule has 0 aliphatic carbocycles. The Balaban J connectivity index is 2.37. The quantitative estimate of drug-likeness (QED) is 0.251. The first-order valence-electron chi connectivity index (χ1n) is 9.03. The van der Waals surface area contributed by atoms with Crippen molar-refractivity contribution in [3.05, 3.63) is 59.2 Å². The highest BCUT2D eigenvalue weighted by Gasteiger charge is 2.25. The fraction of sp³-hybridized carbons (Fsp3) is 0.333. The van der Waals surface area contributed by atoms with E-state index in [0.717, 1.165) is 12.0 Å². The summed E-state index contributed by atoms with van der Waals surface area (Å²) in [6.07, 6.45) is 0.826. The minimum absolute atomic E-state index is 0.0134. The second-order valence-corrected chi connectivity index (χ2v) is 6.16. The van der Waals surface area contributed by atoms with Gasteiger partial charge in [-0.05, 0) is 48.4 Å². The van der Waals surface area contributed by atoms with E-state index in [1.165, 1.54) is 7.11 Å². The van der Waals surface area contributed by atoms with Crippen LogP contribution in [0.15, 0.2) is 42.5 Å². The van der Waals surface area contributed by atoms with E-state index in [4.69, 9.17) is 25.4 Å². The van der Waals surface area contributed by atoms with Gasteiger partial charge < -0.3 is 25.3 Å². The standard InChI is InChI=1S/C21H27N3O4/c1-4-14-5-10-18(28-12-11-26-2)17(13-14)19(21(25)27-3)24-16-8-6-15(7-9-16)20(22)23/h5-10,13,19,24H,4,11-12H2,1-3H3,(H3,22,23). The first-order chi connectivity index (χ1) is 13.5. The number of esters is 1. The molecule has 2 rings (SSSR count). The highest BCUT2D eigenvalue weighted by molar-refractivity contribution is 5.95. The molecule has 0 amide bonds. The van der Waals surface area contributed by atoms with Crippen LogP contribution in [0.4, 0.5) is 5.69 Å². The van der Waals surface area contributed by atoms with Gasteiger partial charge in [-0.3, -0.25) is 5.41 Å². The Hall–Kier alpha value is -3.06. The normalized spacial score (nSPS) is 11.5. The number of ether oxygens (including phenoxy) is 3. The second kappa shape index (κ2) is 10.3. The molecule has 0 saturated heterocycles. The lowest BCUT2D eigenvalue weighted by Gasteiger charge is -2.22. The number of nitrogen functional groups attached to an aromatic ring is 1. The van der Waals surface area contributed by atoms with E-state index >= 15 is 0 Å². The predicted molar refractivity (Wildman–Crippen MR) is 109 cm³/mol. The van der Waals surface area contributed by atoms with Gasteiger partial charge in [0.25, 0.3) is 0 Å². The molecule has 7 heteroatoms. The van der Waals surface area contributed by atoms with Crippen molar-refractivity contribution in [2.45, 2.75) is 19.4 Å². The molecule has 28 heavy (non-hydrogen) atoms. The molecule has 150 valence electrons. The number of nitrogens with two attached hydrogens (primary N) is 1. The van der Waals surface area contributed by atoms with Gasteiger partial charge >= 0.3 is 5.97 Å². The summed E-state index contributed by atoms with van der Waals surface area (Å²) < 4.78 is 15.9. The molecule has 2 aromatic carbocycles. The van der Waals surface area contributed by atoms with Gasteiger partial charge in [-0.25, -0.2) is 4.79 Å². The number of nitrogens with one attached hydrogen (secondary N) is 2. The molecule has 0 heterocycles. The van der Waals surface area contributed by atoms with Crippen LogP contribution < -0.4 is 15.8 Å². The molecule has 0 radical (unpaired) electrons. The zero-order valence-corrected chi connectivity index (χ0v) is 16.5. The highest BCUT2D eigenvalue weighted by atomic mass is 16.5. The third-order valence-corrected chi connectivity index (χ3v) is 4.28. The SMILES string of the molecule is CCc1ccc(OCCOC)c(C(Nc2ccc(C(=N)N)cc2)C(=O)OC)c1. The van der Waals surface area contributed by atoms with E-state index in [2.05, 4.69) is 5.32 Å². The first-order valence-corrected chi connectivity index (χ1v) is 9.03. The lowest BCUT2D eigenvalue weighted by Crippen LogP contribution is -2.23. The summed E-state index contributed by atoms with van der Waals surface area (Å²) in [5, 5.41) is 10.7. The number of hydrogen-bond acceptors (Lipinski definition) is 6. The van der Waals surface area contributed by atoms with Crippen LogP contribution in [-0.2, 0) is 20.7 Å². The van der Waals surface area contributed by atoms with Crippen molar-refractivity contribution in [3.8, 4) is 5.75 Å². The van der Waals surface area contributed by atoms with E-state index < -0.39 is 12.0 Å². The van der Waals surface area contributed by atoms with Crippen molar-refractivity contribution in [1.82, 2.24) is 0 Å². The van der Waals surface area contributed by atoms with Crippen molar-refractivity contribution < 1.29 is 19.0 Å². The number of methoxy groups -OCH3 is 2. The molecule has 7 nitrogen and oxygen atoms in total. The van der Waals surface area contributed by atoms with Crippen molar-refractivity contribution in [2.24, 2.45) is 5.73 Å². The maximum atomic E-state index is 12.6. The first kappa shape index (κ1) is 21.2. The van der Waals surface area contributed by atoms with Gasteiger partial charge in [-0.1, -0.05) is 13.0 Å². The lowest BCUT2D eigenvalue weighted by molar-refractivity contribution is -0.141. The number of aryl methyl sites for hydroxylation is 1. The van der Waals surface area contributed by atoms with E-state index in [9.17, 15) is 4.79 Å². The van der Waals surface area contributed by atoms with Crippen molar-refractivity contribution in [1.29, 1.82) is 5.41 Å². The van der Waals surface area contributed by atoms with Crippen molar-refractivity contribution in [2.75, 3.05) is 32.8 Å². The molecule has 0 saturated carbocycles. The summed E-state index contributed by atoms with van der Waals surface area (Å²) in [6, 6.07) is 12.0. The summed E-state index contributed by atoms with van der Waals surface area (Å²) in [5.41, 5.74) is 8.58. The van der Waals surface area contributed by atoms with Crippen LogP contribution in [0.3, 0.4) is 0 Å². The highest BCUT2D eigenvalue weighted by Crippen LogP contribution is 2.31. The van der Waals surface area contributed by atoms with Gasteiger partial charge in [0.1, 0.15) is 18.2 Å². The minimum atomic E-state index is -0.753. The fourth-order valence-electron chi connectivity index (χ4n) is 2.70. The maximum absolute atomic E-state index is 12.6. The Morgan fingerprint density at radius 3 is 2.43 bits per heavy atom.